The molecule has 0 unspecified atom stereocenters. The predicted molar refractivity (Wildman–Crippen MR) is 172 cm³/mol. The zero-order chi connectivity index (χ0) is 32.7. The van der Waals surface area contributed by atoms with Crippen molar-refractivity contribution in [2.24, 2.45) is 5.92 Å². The molecular weight excluding hydrogens is 586 g/mol. The second-order valence-electron chi connectivity index (χ2n) is 12.8. The van der Waals surface area contributed by atoms with Gasteiger partial charge in [-0.05, 0) is 54.9 Å². The van der Waals surface area contributed by atoms with Crippen LogP contribution in [-0.2, 0) is 32.0 Å². The average Bonchev–Trinajstić information content (AvgIpc) is 3.27. The highest BCUT2D eigenvalue weighted by Gasteiger charge is 2.43. The lowest BCUT2D eigenvalue weighted by molar-refractivity contribution is -0.139. The van der Waals surface area contributed by atoms with Gasteiger partial charge in [-0.3, -0.25) is 24.0 Å². The number of hydrogen-bond acceptors (Lipinski definition) is 6. The molecule has 1 saturated carbocycles. The largest absolute Gasteiger partial charge is 0.491 e. The number of carbonyl (C=O) groups excluding carboxylic acids is 5. The number of rotatable bonds is 2. The van der Waals surface area contributed by atoms with Crippen LogP contribution in [0.2, 0.25) is 0 Å². The molecule has 46 heavy (non-hydrogen) atoms. The van der Waals surface area contributed by atoms with E-state index in [4.69, 9.17) is 4.74 Å². The fourth-order valence-electron chi connectivity index (χ4n) is 6.65. The van der Waals surface area contributed by atoms with Crippen LogP contribution in [0.3, 0.4) is 0 Å². The fraction of sp³-hybridized carbons (Fsp3) is 0.514. The molecule has 3 aliphatic rings. The van der Waals surface area contributed by atoms with Gasteiger partial charge in [0.05, 0.1) is 18.5 Å². The van der Waals surface area contributed by atoms with E-state index in [1.807, 2.05) is 26.0 Å². The van der Waals surface area contributed by atoms with Gasteiger partial charge < -0.3 is 30.9 Å². The topological polar surface area (TPSA) is 146 Å². The van der Waals surface area contributed by atoms with Gasteiger partial charge >= 0.3 is 0 Å². The predicted octanol–water partition coefficient (Wildman–Crippen LogP) is 2.27. The highest BCUT2D eigenvalue weighted by atomic mass is 16.5. The SMILES string of the molecule is CC(C)[C@H]1NC(=O)C2(CCCCC2)NC(=O)C[C@@H](C(=O)N2CCc3ccccc3CC2)NC(=O)c2ccccc2OCCNC1=O. The molecule has 2 atom stereocenters. The second kappa shape index (κ2) is 14.8. The zero-order valence-corrected chi connectivity index (χ0v) is 26.7. The molecule has 1 fully saturated rings. The maximum atomic E-state index is 14.1. The third kappa shape index (κ3) is 7.68. The van der Waals surface area contributed by atoms with Gasteiger partial charge in [-0.1, -0.05) is 69.5 Å². The van der Waals surface area contributed by atoms with Crippen LogP contribution < -0.4 is 26.0 Å². The van der Waals surface area contributed by atoms with Gasteiger partial charge in [0, 0.05) is 13.1 Å². The van der Waals surface area contributed by atoms with Gasteiger partial charge in [0.15, 0.2) is 0 Å². The van der Waals surface area contributed by atoms with Crippen molar-refractivity contribution in [3.63, 3.8) is 0 Å². The molecule has 0 aromatic heterocycles. The van der Waals surface area contributed by atoms with E-state index in [0.717, 1.165) is 19.3 Å². The number of fused-ring (bicyclic) bond motifs is 2. The number of carbonyl (C=O) groups is 5. The first kappa shape index (κ1) is 33.0. The summed E-state index contributed by atoms with van der Waals surface area (Å²) in [7, 11) is 0. The van der Waals surface area contributed by atoms with Crippen molar-refractivity contribution in [3.05, 3.63) is 65.2 Å². The molecule has 11 nitrogen and oxygen atoms in total. The van der Waals surface area contributed by atoms with Gasteiger partial charge in [-0.25, -0.2) is 0 Å². The molecule has 2 aromatic carbocycles. The zero-order valence-electron chi connectivity index (χ0n) is 26.7. The Hall–Kier alpha value is -4.41. The molecular formula is C35H45N5O6. The van der Waals surface area contributed by atoms with Crippen LogP contribution in [0.15, 0.2) is 48.5 Å². The van der Waals surface area contributed by atoms with E-state index in [2.05, 4.69) is 33.4 Å². The first-order valence-corrected chi connectivity index (χ1v) is 16.4. The van der Waals surface area contributed by atoms with Gasteiger partial charge in [-0.2, -0.15) is 0 Å². The van der Waals surface area contributed by atoms with Crippen LogP contribution in [0.1, 0.15) is 73.9 Å². The quantitative estimate of drug-likeness (QED) is 0.400. The summed E-state index contributed by atoms with van der Waals surface area (Å²) in [6.07, 6.45) is 4.19. The first-order valence-electron chi connectivity index (χ1n) is 16.4. The highest BCUT2D eigenvalue weighted by Crippen LogP contribution is 2.29. The summed E-state index contributed by atoms with van der Waals surface area (Å²) < 4.78 is 5.89. The van der Waals surface area contributed by atoms with Crippen molar-refractivity contribution in [2.45, 2.75) is 82.8 Å². The Bertz CT molecular complexity index is 1430. The van der Waals surface area contributed by atoms with Crippen molar-refractivity contribution in [1.29, 1.82) is 0 Å². The van der Waals surface area contributed by atoms with Crippen LogP contribution >= 0.6 is 0 Å². The molecule has 4 N–H and O–H groups in total. The van der Waals surface area contributed by atoms with Crippen molar-refractivity contribution in [3.8, 4) is 5.75 Å². The van der Waals surface area contributed by atoms with E-state index in [-0.39, 0.29) is 48.6 Å². The fourth-order valence-corrected chi connectivity index (χ4v) is 6.65. The number of nitrogens with one attached hydrogen (secondary N) is 4. The Morgan fingerprint density at radius 1 is 0.891 bits per heavy atom. The van der Waals surface area contributed by atoms with E-state index in [9.17, 15) is 24.0 Å². The van der Waals surface area contributed by atoms with E-state index in [1.54, 1.807) is 29.2 Å². The van der Waals surface area contributed by atoms with E-state index in [1.165, 1.54) is 11.1 Å². The maximum Gasteiger partial charge on any atom is 0.255 e. The standard InChI is InChI=1S/C35H45N5O6/c1-23(2)30-32(43)36-18-21-46-28-13-7-6-12-26(28)31(42)37-27(22-29(41)39-35(34(45)38-30)16-8-3-9-17-35)33(44)40-19-14-24-10-4-5-11-25(24)15-20-40/h4-7,10-13,23,27,30H,3,8-9,14-22H2,1-2H3,(H,36,43)(H,37,42)(H,38,45)(H,39,41)/t27-,30+/m0/s1. The Labute approximate surface area is 270 Å². The van der Waals surface area contributed by atoms with Crippen LogP contribution in [0, 0.1) is 5.92 Å². The molecule has 5 rings (SSSR count). The van der Waals surface area contributed by atoms with E-state index >= 15 is 0 Å². The van der Waals surface area contributed by atoms with E-state index < -0.39 is 35.3 Å². The number of hydrogen-bond donors (Lipinski definition) is 4. The van der Waals surface area contributed by atoms with Gasteiger partial charge in [0.1, 0.15) is 30.0 Å². The molecule has 246 valence electrons. The lowest BCUT2D eigenvalue weighted by atomic mass is 9.80. The van der Waals surface area contributed by atoms with E-state index in [0.29, 0.717) is 38.8 Å². The molecule has 1 spiro atoms. The normalized spacial score (nSPS) is 23.0. The molecule has 11 heteroatoms. The summed E-state index contributed by atoms with van der Waals surface area (Å²) in [6, 6.07) is 12.7. The van der Waals surface area contributed by atoms with Crippen LogP contribution in [0.5, 0.6) is 5.75 Å². The van der Waals surface area contributed by atoms with Gasteiger partial charge in [0.25, 0.3) is 5.91 Å². The summed E-state index contributed by atoms with van der Waals surface area (Å²) in [6.45, 7) is 4.83. The highest BCUT2D eigenvalue weighted by molar-refractivity contribution is 6.01. The second-order valence-corrected chi connectivity index (χ2v) is 12.8. The minimum absolute atomic E-state index is 0.0788. The third-order valence-corrected chi connectivity index (χ3v) is 9.27. The van der Waals surface area contributed by atoms with Crippen LogP contribution in [0.25, 0.3) is 0 Å². The number of ether oxygens (including phenoxy) is 1. The minimum Gasteiger partial charge on any atom is -0.491 e. The summed E-state index contributed by atoms with van der Waals surface area (Å²) in [4.78, 5) is 70.4. The Morgan fingerprint density at radius 2 is 1.54 bits per heavy atom. The van der Waals surface area contributed by atoms with Crippen LogP contribution in [-0.4, -0.2) is 78.3 Å². The third-order valence-electron chi connectivity index (χ3n) is 9.27. The van der Waals surface area contributed by atoms with Crippen molar-refractivity contribution in [2.75, 3.05) is 26.2 Å². The molecule has 0 saturated heterocycles. The molecule has 2 aliphatic heterocycles. The summed E-state index contributed by atoms with van der Waals surface area (Å²) in [5.74, 6) is -2.14. The minimum atomic E-state index is -1.23. The number of nitrogens with zero attached hydrogens (tertiary/aromatic N) is 1. The van der Waals surface area contributed by atoms with Crippen LogP contribution in [0.4, 0.5) is 0 Å². The Kier molecular flexibility index (Phi) is 10.6. The maximum absolute atomic E-state index is 14.1. The molecule has 0 radical (unpaired) electrons. The molecule has 2 aromatic rings. The average molecular weight is 632 g/mol. The number of benzene rings is 2. The lowest BCUT2D eigenvalue weighted by Crippen LogP contribution is -2.64. The number of para-hydroxylation sites is 1. The first-order chi connectivity index (χ1) is 22.2. The Morgan fingerprint density at radius 3 is 2.22 bits per heavy atom. The monoisotopic (exact) mass is 631 g/mol. The molecule has 2 heterocycles. The van der Waals surface area contributed by atoms with Crippen molar-refractivity contribution < 1.29 is 28.7 Å². The smallest absolute Gasteiger partial charge is 0.255 e. The molecule has 1 aliphatic carbocycles. The summed E-state index contributed by atoms with van der Waals surface area (Å²) in [5, 5.41) is 11.5. The Balaban J connectivity index is 1.45. The van der Waals surface area contributed by atoms with Gasteiger partial charge in [0.2, 0.25) is 23.6 Å². The molecule has 0 bridgehead atoms. The summed E-state index contributed by atoms with van der Waals surface area (Å²) in [5.41, 5.74) is 1.34. The van der Waals surface area contributed by atoms with Crippen molar-refractivity contribution >= 4 is 29.5 Å². The van der Waals surface area contributed by atoms with Gasteiger partial charge in [-0.15, -0.1) is 0 Å². The lowest BCUT2D eigenvalue weighted by Gasteiger charge is -2.38. The van der Waals surface area contributed by atoms with Crippen molar-refractivity contribution in [1.82, 2.24) is 26.2 Å². The summed E-state index contributed by atoms with van der Waals surface area (Å²) >= 11 is 0. The molecule has 5 amide bonds. The number of amides is 5.